The first-order valence-corrected chi connectivity index (χ1v) is 2.68. The van der Waals surface area contributed by atoms with E-state index in [2.05, 4.69) is 5.32 Å². The van der Waals surface area contributed by atoms with E-state index >= 15 is 0 Å². The second-order valence-electron chi connectivity index (χ2n) is 2.32. The largest absolute Gasteiger partial charge is 0.307 e. The van der Waals surface area contributed by atoms with Crippen molar-refractivity contribution in [1.29, 1.82) is 0 Å². The Labute approximate surface area is 54.2 Å². The highest BCUT2D eigenvalue weighted by molar-refractivity contribution is 5.84. The summed E-state index contributed by atoms with van der Waals surface area (Å²) in [5.74, 6) is -0.440. The Morgan fingerprint density at radius 3 is 2.11 bits per heavy atom. The zero-order chi connectivity index (χ0) is 7.49. The molecule has 0 heterocycles. The van der Waals surface area contributed by atoms with Crippen LogP contribution < -0.4 is 10.8 Å². The lowest BCUT2D eigenvalue weighted by Gasteiger charge is -2.20. The highest BCUT2D eigenvalue weighted by atomic mass is 16.5. The number of hydroxylamine groups is 1. The zero-order valence-corrected chi connectivity index (χ0v) is 5.86. The summed E-state index contributed by atoms with van der Waals surface area (Å²) in [7, 11) is 1.65. The van der Waals surface area contributed by atoms with Crippen molar-refractivity contribution in [3.8, 4) is 0 Å². The van der Waals surface area contributed by atoms with Crippen LogP contribution in [0.5, 0.6) is 0 Å². The molecule has 0 saturated carbocycles. The Morgan fingerprint density at radius 2 is 2.00 bits per heavy atom. The molecule has 0 bridgehead atoms. The van der Waals surface area contributed by atoms with Gasteiger partial charge in [-0.2, -0.15) is 0 Å². The van der Waals surface area contributed by atoms with Crippen LogP contribution in [-0.4, -0.2) is 23.7 Å². The van der Waals surface area contributed by atoms with Gasteiger partial charge in [-0.05, 0) is 20.9 Å². The summed E-state index contributed by atoms with van der Waals surface area (Å²) >= 11 is 0. The summed E-state index contributed by atoms with van der Waals surface area (Å²) in [5, 5.41) is 10.9. The molecule has 0 rings (SSSR count). The molecule has 0 aromatic rings. The van der Waals surface area contributed by atoms with E-state index in [4.69, 9.17) is 5.21 Å². The van der Waals surface area contributed by atoms with Gasteiger partial charge >= 0.3 is 0 Å². The highest BCUT2D eigenvalue weighted by Crippen LogP contribution is 1.98. The predicted molar refractivity (Wildman–Crippen MR) is 33.1 cm³/mol. The van der Waals surface area contributed by atoms with E-state index in [-0.39, 0.29) is 0 Å². The highest BCUT2D eigenvalue weighted by Gasteiger charge is 2.23. The Hall–Kier alpha value is -0.610. The molecule has 0 aliphatic rings. The monoisotopic (exact) mass is 132 g/mol. The normalized spacial score (nSPS) is 11.1. The predicted octanol–water partition coefficient (Wildman–Crippen LogP) is -0.510. The van der Waals surface area contributed by atoms with Crippen LogP contribution in [0.25, 0.3) is 0 Å². The van der Waals surface area contributed by atoms with Crippen LogP contribution in [0.15, 0.2) is 0 Å². The summed E-state index contributed by atoms with van der Waals surface area (Å²) in [5.41, 5.74) is 0.855. The van der Waals surface area contributed by atoms with Crippen LogP contribution in [-0.2, 0) is 4.79 Å². The Morgan fingerprint density at radius 1 is 1.56 bits per heavy atom. The second kappa shape index (κ2) is 2.80. The molecule has 0 fully saturated rings. The van der Waals surface area contributed by atoms with Crippen molar-refractivity contribution >= 4 is 5.91 Å². The number of carbonyl (C=O) groups excluding carboxylic acids is 1. The molecule has 0 aliphatic carbocycles. The maximum Gasteiger partial charge on any atom is 0.263 e. The first-order valence-electron chi connectivity index (χ1n) is 2.68. The molecule has 0 aromatic carbocycles. The molecule has 0 aromatic heterocycles. The standard InChI is InChI=1S/C5H12N2O2/c1-5(2,6-3)4(8)7-9/h6,9H,1-3H3,(H,7,8). The molecule has 4 heteroatoms. The van der Waals surface area contributed by atoms with Gasteiger partial charge in [0.25, 0.3) is 5.91 Å². The average molecular weight is 132 g/mol. The number of carbonyl (C=O) groups is 1. The van der Waals surface area contributed by atoms with Crippen molar-refractivity contribution in [2.24, 2.45) is 0 Å². The Kier molecular flexibility index (Phi) is 2.61. The molecule has 0 atom stereocenters. The van der Waals surface area contributed by atoms with Gasteiger partial charge in [-0.15, -0.1) is 0 Å². The number of nitrogens with one attached hydrogen (secondary N) is 2. The van der Waals surface area contributed by atoms with Crippen LogP contribution >= 0.6 is 0 Å². The summed E-state index contributed by atoms with van der Waals surface area (Å²) in [6.07, 6.45) is 0. The van der Waals surface area contributed by atoms with Crippen molar-refractivity contribution in [2.75, 3.05) is 7.05 Å². The van der Waals surface area contributed by atoms with E-state index in [0.717, 1.165) is 0 Å². The van der Waals surface area contributed by atoms with E-state index in [1.54, 1.807) is 26.4 Å². The molecular formula is C5H12N2O2. The molecule has 0 radical (unpaired) electrons. The van der Waals surface area contributed by atoms with Gasteiger partial charge in [-0.3, -0.25) is 10.0 Å². The minimum absolute atomic E-state index is 0.440. The van der Waals surface area contributed by atoms with Crippen LogP contribution in [0.4, 0.5) is 0 Å². The van der Waals surface area contributed by atoms with E-state index in [1.165, 1.54) is 0 Å². The molecule has 54 valence electrons. The molecule has 0 saturated heterocycles. The van der Waals surface area contributed by atoms with Crippen LogP contribution in [0.3, 0.4) is 0 Å². The summed E-state index contributed by atoms with van der Waals surface area (Å²) < 4.78 is 0. The van der Waals surface area contributed by atoms with Crippen molar-refractivity contribution < 1.29 is 10.0 Å². The van der Waals surface area contributed by atoms with E-state index < -0.39 is 11.4 Å². The maximum absolute atomic E-state index is 10.6. The molecule has 9 heavy (non-hydrogen) atoms. The van der Waals surface area contributed by atoms with E-state index in [1.807, 2.05) is 0 Å². The number of hydrogen-bond acceptors (Lipinski definition) is 3. The van der Waals surface area contributed by atoms with Gasteiger partial charge in [-0.1, -0.05) is 0 Å². The van der Waals surface area contributed by atoms with Crippen molar-refractivity contribution in [3.63, 3.8) is 0 Å². The zero-order valence-electron chi connectivity index (χ0n) is 5.86. The minimum Gasteiger partial charge on any atom is -0.307 e. The topological polar surface area (TPSA) is 61.4 Å². The number of hydrogen-bond donors (Lipinski definition) is 3. The molecule has 3 N–H and O–H groups in total. The first kappa shape index (κ1) is 8.39. The number of amides is 1. The summed E-state index contributed by atoms with van der Waals surface area (Å²) in [6, 6.07) is 0. The fraction of sp³-hybridized carbons (Fsp3) is 0.800. The van der Waals surface area contributed by atoms with Gasteiger partial charge in [0.15, 0.2) is 0 Å². The SMILES string of the molecule is CNC(C)(C)C(=O)NO. The Bertz CT molecular complexity index is 112. The fourth-order valence-electron chi connectivity index (χ4n) is 0.253. The molecule has 1 amide bonds. The average Bonchev–Trinajstić information content (AvgIpc) is 1.86. The van der Waals surface area contributed by atoms with Crippen LogP contribution in [0, 0.1) is 0 Å². The quantitative estimate of drug-likeness (QED) is 0.350. The summed E-state index contributed by atoms with van der Waals surface area (Å²) in [4.78, 5) is 10.6. The first-order chi connectivity index (χ1) is 4.04. The molecule has 0 spiro atoms. The van der Waals surface area contributed by atoms with Crippen molar-refractivity contribution in [2.45, 2.75) is 19.4 Å². The molecular weight excluding hydrogens is 120 g/mol. The molecule has 0 unspecified atom stereocenters. The van der Waals surface area contributed by atoms with Gasteiger partial charge in [0.2, 0.25) is 0 Å². The minimum atomic E-state index is -0.700. The van der Waals surface area contributed by atoms with E-state index in [0.29, 0.717) is 0 Å². The summed E-state index contributed by atoms with van der Waals surface area (Å²) in [6.45, 7) is 3.33. The third-order valence-corrected chi connectivity index (χ3v) is 1.29. The van der Waals surface area contributed by atoms with Crippen LogP contribution in [0.2, 0.25) is 0 Å². The van der Waals surface area contributed by atoms with Gasteiger partial charge in [0.1, 0.15) is 0 Å². The van der Waals surface area contributed by atoms with Crippen LogP contribution in [0.1, 0.15) is 13.8 Å². The van der Waals surface area contributed by atoms with Crippen molar-refractivity contribution in [3.05, 3.63) is 0 Å². The fourth-order valence-corrected chi connectivity index (χ4v) is 0.253. The second-order valence-corrected chi connectivity index (χ2v) is 2.32. The lowest BCUT2D eigenvalue weighted by Crippen LogP contribution is -2.50. The maximum atomic E-state index is 10.6. The van der Waals surface area contributed by atoms with Gasteiger partial charge in [0.05, 0.1) is 5.54 Å². The van der Waals surface area contributed by atoms with Gasteiger partial charge < -0.3 is 5.32 Å². The van der Waals surface area contributed by atoms with Gasteiger partial charge in [-0.25, -0.2) is 5.48 Å². The molecule has 4 nitrogen and oxygen atoms in total. The lowest BCUT2D eigenvalue weighted by atomic mass is 10.1. The van der Waals surface area contributed by atoms with Gasteiger partial charge in [0, 0.05) is 0 Å². The van der Waals surface area contributed by atoms with E-state index in [9.17, 15) is 4.79 Å². The number of rotatable bonds is 2. The third kappa shape index (κ3) is 1.99. The lowest BCUT2D eigenvalue weighted by molar-refractivity contribution is -0.134. The Balaban J connectivity index is 3.97. The smallest absolute Gasteiger partial charge is 0.263 e. The third-order valence-electron chi connectivity index (χ3n) is 1.29. The number of likely N-dealkylation sites (N-methyl/N-ethyl adjacent to an activating group) is 1. The van der Waals surface area contributed by atoms with Crippen molar-refractivity contribution in [1.82, 2.24) is 10.8 Å². The molecule has 0 aliphatic heterocycles.